The van der Waals surface area contributed by atoms with Gasteiger partial charge in [-0.25, -0.2) is 0 Å². The molecule has 3 heterocycles. The second-order valence-electron chi connectivity index (χ2n) is 6.34. The zero-order chi connectivity index (χ0) is 12.4. The van der Waals surface area contributed by atoms with Crippen molar-refractivity contribution >= 4 is 23.7 Å². The van der Waals surface area contributed by atoms with Gasteiger partial charge in [0.1, 0.15) is 0 Å². The summed E-state index contributed by atoms with van der Waals surface area (Å²) in [6.45, 7) is 8.72. The SMILES string of the molecule is CC1(CN2CCC(c3ccsc3)CC2)CCNC1.Cl. The molecule has 0 amide bonds. The van der Waals surface area contributed by atoms with Gasteiger partial charge >= 0.3 is 0 Å². The molecule has 2 nitrogen and oxygen atoms in total. The maximum Gasteiger partial charge on any atom is 0.00480 e. The van der Waals surface area contributed by atoms with Crippen LogP contribution in [0.4, 0.5) is 0 Å². The Balaban J connectivity index is 0.00000133. The van der Waals surface area contributed by atoms with Crippen molar-refractivity contribution in [1.29, 1.82) is 0 Å². The summed E-state index contributed by atoms with van der Waals surface area (Å²) >= 11 is 1.84. The average Bonchev–Trinajstić information content (AvgIpc) is 3.02. The van der Waals surface area contributed by atoms with E-state index < -0.39 is 0 Å². The molecule has 1 N–H and O–H groups in total. The Morgan fingerprint density at radius 1 is 1.42 bits per heavy atom. The summed E-state index contributed by atoms with van der Waals surface area (Å²) in [5.41, 5.74) is 2.10. The van der Waals surface area contributed by atoms with Crippen LogP contribution in [0.3, 0.4) is 0 Å². The third-order valence-corrected chi connectivity index (χ3v) is 5.37. The van der Waals surface area contributed by atoms with E-state index in [1.54, 1.807) is 5.56 Å². The quantitative estimate of drug-likeness (QED) is 0.921. The van der Waals surface area contributed by atoms with Crippen molar-refractivity contribution in [1.82, 2.24) is 10.2 Å². The summed E-state index contributed by atoms with van der Waals surface area (Å²) in [4.78, 5) is 2.69. The molecule has 3 rings (SSSR count). The molecule has 1 atom stereocenters. The van der Waals surface area contributed by atoms with Crippen LogP contribution in [-0.4, -0.2) is 37.6 Å². The summed E-state index contributed by atoms with van der Waals surface area (Å²) in [5.74, 6) is 0.821. The van der Waals surface area contributed by atoms with Crippen molar-refractivity contribution < 1.29 is 0 Å². The Morgan fingerprint density at radius 2 is 2.21 bits per heavy atom. The summed E-state index contributed by atoms with van der Waals surface area (Å²) < 4.78 is 0. The van der Waals surface area contributed by atoms with Gasteiger partial charge in [0.2, 0.25) is 0 Å². The van der Waals surface area contributed by atoms with Gasteiger partial charge in [0.25, 0.3) is 0 Å². The van der Waals surface area contributed by atoms with E-state index in [0.29, 0.717) is 5.41 Å². The molecule has 1 aromatic heterocycles. The zero-order valence-electron chi connectivity index (χ0n) is 11.7. The zero-order valence-corrected chi connectivity index (χ0v) is 13.4. The number of likely N-dealkylation sites (tertiary alicyclic amines) is 1. The van der Waals surface area contributed by atoms with Crippen molar-refractivity contribution in [3.8, 4) is 0 Å². The highest BCUT2D eigenvalue weighted by atomic mass is 35.5. The second-order valence-corrected chi connectivity index (χ2v) is 7.12. The smallest absolute Gasteiger partial charge is 0.00480 e. The Bertz CT molecular complexity index is 366. The van der Waals surface area contributed by atoms with Crippen LogP contribution < -0.4 is 5.32 Å². The number of hydrogen-bond acceptors (Lipinski definition) is 3. The normalized spacial score (nSPS) is 29.3. The van der Waals surface area contributed by atoms with Gasteiger partial charge in [-0.15, -0.1) is 12.4 Å². The first-order valence-corrected chi connectivity index (χ1v) is 8.15. The minimum absolute atomic E-state index is 0. The molecule has 0 aliphatic carbocycles. The predicted molar refractivity (Wildman–Crippen MR) is 85.6 cm³/mol. The predicted octanol–water partition coefficient (Wildman–Crippen LogP) is 3.35. The highest BCUT2D eigenvalue weighted by Gasteiger charge is 2.32. The van der Waals surface area contributed by atoms with Gasteiger partial charge in [-0.3, -0.25) is 0 Å². The van der Waals surface area contributed by atoms with Gasteiger partial charge < -0.3 is 10.2 Å². The topological polar surface area (TPSA) is 15.3 Å². The number of hydrogen-bond donors (Lipinski definition) is 1. The van der Waals surface area contributed by atoms with Crippen LogP contribution in [0.2, 0.25) is 0 Å². The standard InChI is InChI=1S/C15H24N2S.ClH/c1-15(5-6-16-11-15)12-17-7-2-13(3-8-17)14-4-9-18-10-14;/h4,9-10,13,16H,2-3,5-8,11-12H2,1H3;1H. The molecule has 0 spiro atoms. The highest BCUT2D eigenvalue weighted by Crippen LogP contribution is 2.32. The van der Waals surface area contributed by atoms with E-state index in [2.05, 4.69) is 34.0 Å². The monoisotopic (exact) mass is 300 g/mol. The van der Waals surface area contributed by atoms with E-state index in [0.717, 1.165) is 5.92 Å². The third-order valence-electron chi connectivity index (χ3n) is 4.66. The first-order chi connectivity index (χ1) is 8.75. The van der Waals surface area contributed by atoms with Crippen LogP contribution in [0.5, 0.6) is 0 Å². The Hall–Kier alpha value is -0.0900. The number of piperidine rings is 1. The minimum Gasteiger partial charge on any atom is -0.316 e. The largest absolute Gasteiger partial charge is 0.316 e. The molecule has 0 radical (unpaired) electrons. The van der Waals surface area contributed by atoms with E-state index in [1.165, 1.54) is 52.0 Å². The number of halogens is 1. The third kappa shape index (κ3) is 3.72. The molecule has 2 aliphatic rings. The van der Waals surface area contributed by atoms with Crippen LogP contribution in [0.1, 0.15) is 37.7 Å². The Labute approximate surface area is 127 Å². The van der Waals surface area contributed by atoms with E-state index in [9.17, 15) is 0 Å². The van der Waals surface area contributed by atoms with Crippen molar-refractivity contribution in [2.75, 3.05) is 32.7 Å². The molecule has 19 heavy (non-hydrogen) atoms. The van der Waals surface area contributed by atoms with Gasteiger partial charge in [-0.05, 0) is 72.6 Å². The lowest BCUT2D eigenvalue weighted by Crippen LogP contribution is -2.41. The van der Waals surface area contributed by atoms with Gasteiger partial charge in [-0.2, -0.15) is 11.3 Å². The summed E-state index contributed by atoms with van der Waals surface area (Å²) in [7, 11) is 0. The first-order valence-electron chi connectivity index (χ1n) is 7.20. The molecule has 0 bridgehead atoms. The fraction of sp³-hybridized carbons (Fsp3) is 0.733. The highest BCUT2D eigenvalue weighted by molar-refractivity contribution is 7.07. The van der Waals surface area contributed by atoms with Gasteiger partial charge in [-0.1, -0.05) is 6.92 Å². The van der Waals surface area contributed by atoms with Crippen LogP contribution in [0, 0.1) is 5.41 Å². The summed E-state index contributed by atoms with van der Waals surface area (Å²) in [6, 6.07) is 2.31. The van der Waals surface area contributed by atoms with Crippen LogP contribution in [0.25, 0.3) is 0 Å². The molecular formula is C15H25ClN2S. The fourth-order valence-corrected chi connectivity index (χ4v) is 4.22. The number of thiophene rings is 1. The lowest BCUT2D eigenvalue weighted by Gasteiger charge is -2.37. The summed E-state index contributed by atoms with van der Waals surface area (Å²) in [5, 5.41) is 8.06. The molecule has 0 aromatic carbocycles. The van der Waals surface area contributed by atoms with Gasteiger partial charge in [0.05, 0.1) is 0 Å². The number of rotatable bonds is 3. The molecule has 1 unspecified atom stereocenters. The van der Waals surface area contributed by atoms with E-state index in [-0.39, 0.29) is 12.4 Å². The van der Waals surface area contributed by atoms with Crippen molar-refractivity contribution in [3.05, 3.63) is 22.4 Å². The van der Waals surface area contributed by atoms with Crippen LogP contribution >= 0.6 is 23.7 Å². The molecule has 1 aromatic rings. The van der Waals surface area contributed by atoms with Crippen molar-refractivity contribution in [3.63, 3.8) is 0 Å². The van der Waals surface area contributed by atoms with Crippen molar-refractivity contribution in [2.45, 2.75) is 32.1 Å². The molecule has 0 saturated carbocycles. The molecule has 4 heteroatoms. The lowest BCUT2D eigenvalue weighted by atomic mass is 9.86. The first kappa shape index (κ1) is 15.3. The lowest BCUT2D eigenvalue weighted by molar-refractivity contribution is 0.144. The maximum absolute atomic E-state index is 3.51. The van der Waals surface area contributed by atoms with Crippen LogP contribution in [-0.2, 0) is 0 Å². The second kappa shape index (κ2) is 6.57. The molecular weight excluding hydrogens is 276 g/mol. The van der Waals surface area contributed by atoms with Gasteiger partial charge in [0, 0.05) is 13.1 Å². The average molecular weight is 301 g/mol. The molecule has 2 aliphatic heterocycles. The molecule has 2 saturated heterocycles. The van der Waals surface area contributed by atoms with Crippen molar-refractivity contribution in [2.24, 2.45) is 5.41 Å². The number of nitrogens with one attached hydrogen (secondary N) is 1. The van der Waals surface area contributed by atoms with E-state index in [4.69, 9.17) is 0 Å². The fourth-order valence-electron chi connectivity index (χ4n) is 3.48. The number of nitrogens with zero attached hydrogens (tertiary/aromatic N) is 1. The van der Waals surface area contributed by atoms with Crippen LogP contribution in [0.15, 0.2) is 16.8 Å². The molecule has 108 valence electrons. The minimum atomic E-state index is 0. The Kier molecular flexibility index (Phi) is 5.29. The van der Waals surface area contributed by atoms with E-state index in [1.807, 2.05) is 11.3 Å². The van der Waals surface area contributed by atoms with E-state index >= 15 is 0 Å². The van der Waals surface area contributed by atoms with Gasteiger partial charge in [0.15, 0.2) is 0 Å². The summed E-state index contributed by atoms with van der Waals surface area (Å²) in [6.07, 6.45) is 4.04. The molecule has 2 fully saturated rings. The maximum atomic E-state index is 3.51. The Morgan fingerprint density at radius 3 is 2.79 bits per heavy atom.